The summed E-state index contributed by atoms with van der Waals surface area (Å²) in [4.78, 5) is 0. The van der Waals surface area contributed by atoms with Crippen molar-refractivity contribution in [3.8, 4) is 17.0 Å². The van der Waals surface area contributed by atoms with E-state index in [1.54, 1.807) is 13.3 Å². The molecule has 0 aliphatic rings. The van der Waals surface area contributed by atoms with Crippen LogP contribution in [-0.4, -0.2) is 17.3 Å². The molecular weight excluding hydrogens is 190 g/mol. The van der Waals surface area contributed by atoms with Gasteiger partial charge in [0.05, 0.1) is 24.7 Å². The molecule has 0 spiro atoms. The fraction of sp³-hybridized carbons (Fsp3) is 0.182. The number of H-pyrrole nitrogens is 1. The van der Waals surface area contributed by atoms with Crippen molar-refractivity contribution in [2.24, 2.45) is 0 Å². The quantitative estimate of drug-likeness (QED) is 0.784. The number of ether oxygens (including phenoxy) is 1. The number of aromatic nitrogens is 2. The van der Waals surface area contributed by atoms with E-state index < -0.39 is 0 Å². The molecule has 0 radical (unpaired) electrons. The molecule has 2 aromatic rings. The van der Waals surface area contributed by atoms with Gasteiger partial charge in [0.1, 0.15) is 5.75 Å². The summed E-state index contributed by atoms with van der Waals surface area (Å²) in [5.41, 5.74) is 9.23. The maximum absolute atomic E-state index is 5.80. The molecule has 15 heavy (non-hydrogen) atoms. The molecule has 0 aliphatic carbocycles. The number of anilines is 1. The zero-order valence-corrected chi connectivity index (χ0v) is 8.74. The maximum Gasteiger partial charge on any atom is 0.131 e. The topological polar surface area (TPSA) is 63.9 Å². The summed E-state index contributed by atoms with van der Waals surface area (Å²) in [5.74, 6) is 0.827. The lowest BCUT2D eigenvalue weighted by Crippen LogP contribution is -1.93. The van der Waals surface area contributed by atoms with E-state index in [0.29, 0.717) is 5.69 Å². The Morgan fingerprint density at radius 1 is 1.40 bits per heavy atom. The summed E-state index contributed by atoms with van der Waals surface area (Å²) in [7, 11) is 1.65. The van der Waals surface area contributed by atoms with Gasteiger partial charge in [0.25, 0.3) is 0 Å². The molecule has 4 heteroatoms. The Morgan fingerprint density at radius 3 is 2.80 bits per heavy atom. The minimum atomic E-state index is 0.624. The Morgan fingerprint density at radius 2 is 2.20 bits per heavy atom. The van der Waals surface area contributed by atoms with Crippen LogP contribution in [0.5, 0.6) is 5.75 Å². The number of hydrogen-bond acceptors (Lipinski definition) is 3. The predicted octanol–water partition coefficient (Wildman–Crippen LogP) is 1.98. The van der Waals surface area contributed by atoms with Crippen molar-refractivity contribution in [2.75, 3.05) is 12.8 Å². The van der Waals surface area contributed by atoms with Crippen LogP contribution in [0.15, 0.2) is 24.4 Å². The Kier molecular flexibility index (Phi) is 2.33. The number of nitrogens with two attached hydrogens (primary N) is 1. The largest absolute Gasteiger partial charge is 0.496 e. The lowest BCUT2D eigenvalue weighted by Gasteiger charge is -2.10. The van der Waals surface area contributed by atoms with Crippen LogP contribution in [0, 0.1) is 6.92 Å². The molecule has 0 amide bonds. The number of methoxy groups -OCH3 is 1. The van der Waals surface area contributed by atoms with Gasteiger partial charge in [-0.2, -0.15) is 5.10 Å². The van der Waals surface area contributed by atoms with Gasteiger partial charge in [-0.25, -0.2) is 0 Å². The van der Waals surface area contributed by atoms with E-state index in [0.717, 1.165) is 22.6 Å². The number of hydrogen-bond donors (Lipinski definition) is 2. The Bertz CT molecular complexity index is 476. The van der Waals surface area contributed by atoms with Crippen molar-refractivity contribution in [1.29, 1.82) is 0 Å². The van der Waals surface area contributed by atoms with Crippen LogP contribution in [0.1, 0.15) is 5.56 Å². The van der Waals surface area contributed by atoms with E-state index in [1.807, 2.05) is 25.1 Å². The lowest BCUT2D eigenvalue weighted by molar-refractivity contribution is 0.413. The highest BCUT2D eigenvalue weighted by Gasteiger charge is 2.11. The summed E-state index contributed by atoms with van der Waals surface area (Å²) >= 11 is 0. The van der Waals surface area contributed by atoms with Crippen LogP contribution in [0.25, 0.3) is 11.3 Å². The fourth-order valence-corrected chi connectivity index (χ4v) is 1.63. The summed E-state index contributed by atoms with van der Waals surface area (Å²) in [6.07, 6.45) is 1.59. The van der Waals surface area contributed by atoms with Crippen LogP contribution in [0.2, 0.25) is 0 Å². The molecule has 0 aliphatic heterocycles. The first-order chi connectivity index (χ1) is 7.24. The summed E-state index contributed by atoms with van der Waals surface area (Å²) < 4.78 is 5.35. The van der Waals surface area contributed by atoms with E-state index in [9.17, 15) is 0 Å². The van der Waals surface area contributed by atoms with E-state index in [-0.39, 0.29) is 0 Å². The molecule has 78 valence electrons. The summed E-state index contributed by atoms with van der Waals surface area (Å²) in [5, 5.41) is 6.77. The highest BCUT2D eigenvalue weighted by atomic mass is 16.5. The molecule has 0 atom stereocenters. The van der Waals surface area contributed by atoms with Gasteiger partial charge in [-0.3, -0.25) is 5.10 Å². The third kappa shape index (κ3) is 1.54. The first-order valence-corrected chi connectivity index (χ1v) is 4.67. The number of para-hydroxylation sites is 1. The third-order valence-electron chi connectivity index (χ3n) is 2.35. The zero-order chi connectivity index (χ0) is 10.8. The number of aromatic amines is 1. The van der Waals surface area contributed by atoms with Gasteiger partial charge in [0.15, 0.2) is 0 Å². The van der Waals surface area contributed by atoms with Gasteiger partial charge < -0.3 is 10.5 Å². The molecule has 0 bridgehead atoms. The molecule has 2 rings (SSSR count). The van der Waals surface area contributed by atoms with Gasteiger partial charge >= 0.3 is 0 Å². The summed E-state index contributed by atoms with van der Waals surface area (Å²) in [6, 6.07) is 5.91. The van der Waals surface area contributed by atoms with Crippen molar-refractivity contribution in [1.82, 2.24) is 10.2 Å². The minimum absolute atomic E-state index is 0.624. The van der Waals surface area contributed by atoms with Gasteiger partial charge in [-0.15, -0.1) is 0 Å². The molecule has 1 aromatic carbocycles. The first kappa shape index (κ1) is 9.58. The first-order valence-electron chi connectivity index (χ1n) is 4.67. The van der Waals surface area contributed by atoms with Gasteiger partial charge in [0, 0.05) is 5.56 Å². The van der Waals surface area contributed by atoms with E-state index >= 15 is 0 Å². The number of benzene rings is 1. The molecule has 1 aromatic heterocycles. The van der Waals surface area contributed by atoms with Crippen molar-refractivity contribution in [3.05, 3.63) is 30.0 Å². The van der Waals surface area contributed by atoms with Crippen molar-refractivity contribution < 1.29 is 4.74 Å². The van der Waals surface area contributed by atoms with Gasteiger partial charge in [-0.05, 0) is 18.6 Å². The van der Waals surface area contributed by atoms with Crippen molar-refractivity contribution in [2.45, 2.75) is 6.92 Å². The van der Waals surface area contributed by atoms with Crippen LogP contribution in [0.3, 0.4) is 0 Å². The Balaban J connectivity index is 2.63. The van der Waals surface area contributed by atoms with E-state index in [4.69, 9.17) is 10.5 Å². The molecule has 1 heterocycles. The third-order valence-corrected chi connectivity index (χ3v) is 2.35. The summed E-state index contributed by atoms with van der Waals surface area (Å²) in [6.45, 7) is 1.99. The normalized spacial score (nSPS) is 10.3. The van der Waals surface area contributed by atoms with Crippen LogP contribution < -0.4 is 10.5 Å². The number of rotatable bonds is 2. The lowest BCUT2D eigenvalue weighted by atomic mass is 10.1. The highest BCUT2D eigenvalue weighted by Crippen LogP contribution is 2.33. The molecular formula is C11H13N3O. The molecule has 4 nitrogen and oxygen atoms in total. The smallest absolute Gasteiger partial charge is 0.131 e. The molecule has 0 saturated heterocycles. The number of aryl methyl sites for hydroxylation is 1. The molecule has 0 saturated carbocycles. The van der Waals surface area contributed by atoms with Crippen LogP contribution >= 0.6 is 0 Å². The molecule has 0 fully saturated rings. The number of nitrogens with zero attached hydrogens (tertiary/aromatic N) is 1. The minimum Gasteiger partial charge on any atom is -0.496 e. The standard InChI is InChI=1S/C11H13N3O/c1-7-4-3-5-8(11(7)15-2)10-9(12)6-13-14-10/h3-6H,12H2,1-2H3,(H,13,14). The Hall–Kier alpha value is -1.97. The van der Waals surface area contributed by atoms with Crippen molar-refractivity contribution >= 4 is 5.69 Å². The fourth-order valence-electron chi connectivity index (χ4n) is 1.63. The van der Waals surface area contributed by atoms with Gasteiger partial charge in [-0.1, -0.05) is 12.1 Å². The van der Waals surface area contributed by atoms with E-state index in [2.05, 4.69) is 10.2 Å². The second-order valence-electron chi connectivity index (χ2n) is 3.36. The second-order valence-corrected chi connectivity index (χ2v) is 3.36. The monoisotopic (exact) mass is 203 g/mol. The SMILES string of the molecule is COc1c(C)cccc1-c1[nH]ncc1N. The van der Waals surface area contributed by atoms with Crippen LogP contribution in [-0.2, 0) is 0 Å². The van der Waals surface area contributed by atoms with E-state index in [1.165, 1.54) is 0 Å². The van der Waals surface area contributed by atoms with Gasteiger partial charge in [0.2, 0.25) is 0 Å². The predicted molar refractivity (Wildman–Crippen MR) is 59.7 cm³/mol. The number of nitrogens with one attached hydrogen (secondary N) is 1. The molecule has 0 unspecified atom stereocenters. The Labute approximate surface area is 88.1 Å². The molecule has 3 N–H and O–H groups in total. The van der Waals surface area contributed by atoms with Crippen LogP contribution in [0.4, 0.5) is 5.69 Å². The second kappa shape index (κ2) is 3.65. The maximum atomic E-state index is 5.80. The average molecular weight is 203 g/mol. The zero-order valence-electron chi connectivity index (χ0n) is 8.74. The highest BCUT2D eigenvalue weighted by molar-refractivity contribution is 5.77. The number of nitrogen functional groups attached to an aromatic ring is 1. The average Bonchev–Trinajstić information content (AvgIpc) is 2.64. The van der Waals surface area contributed by atoms with Crippen molar-refractivity contribution in [3.63, 3.8) is 0 Å².